The highest BCUT2D eigenvalue weighted by molar-refractivity contribution is 7.89. The first-order valence-corrected chi connectivity index (χ1v) is 10.7. The van der Waals surface area contributed by atoms with Crippen LogP contribution >= 0.6 is 0 Å². The SMILES string of the molecule is CC[NH+]1CCN(S(=O)(=O)c2cc3c4c(c2)[C@H](C)C(=O)N4CCC3)CC1. The molecule has 1 aromatic rings. The Morgan fingerprint density at radius 1 is 1.20 bits per heavy atom. The van der Waals surface area contributed by atoms with Gasteiger partial charge in [-0.3, -0.25) is 4.79 Å². The third-order valence-electron chi connectivity index (χ3n) is 5.96. The normalized spacial score (nSPS) is 24.6. The third-order valence-corrected chi connectivity index (χ3v) is 7.84. The molecule has 1 amide bonds. The molecule has 1 saturated heterocycles. The molecule has 4 rings (SSSR count). The number of hydrogen-bond acceptors (Lipinski definition) is 3. The lowest BCUT2D eigenvalue weighted by Gasteiger charge is -2.31. The molecule has 6 nitrogen and oxygen atoms in total. The second-order valence-electron chi connectivity index (χ2n) is 7.34. The molecule has 1 fully saturated rings. The number of anilines is 1. The molecule has 0 saturated carbocycles. The van der Waals surface area contributed by atoms with E-state index in [0.29, 0.717) is 18.0 Å². The zero-order valence-corrected chi connectivity index (χ0v) is 15.7. The van der Waals surface area contributed by atoms with Crippen LogP contribution in [0.2, 0.25) is 0 Å². The van der Waals surface area contributed by atoms with Crippen LogP contribution in [0.5, 0.6) is 0 Å². The van der Waals surface area contributed by atoms with Crippen molar-refractivity contribution in [3.63, 3.8) is 0 Å². The summed E-state index contributed by atoms with van der Waals surface area (Å²) in [6.07, 6.45) is 1.74. The van der Waals surface area contributed by atoms with E-state index in [4.69, 9.17) is 0 Å². The van der Waals surface area contributed by atoms with Crippen LogP contribution in [0.3, 0.4) is 0 Å². The third kappa shape index (κ3) is 2.60. The van der Waals surface area contributed by atoms with Gasteiger partial charge in [0, 0.05) is 6.54 Å². The maximum Gasteiger partial charge on any atom is 0.243 e. The minimum atomic E-state index is -3.49. The van der Waals surface area contributed by atoms with Crippen molar-refractivity contribution in [2.75, 3.05) is 44.2 Å². The van der Waals surface area contributed by atoms with E-state index in [9.17, 15) is 13.2 Å². The minimum absolute atomic E-state index is 0.102. The summed E-state index contributed by atoms with van der Waals surface area (Å²) >= 11 is 0. The molecule has 7 heteroatoms. The molecule has 1 atom stereocenters. The Balaban J connectivity index is 1.71. The summed E-state index contributed by atoms with van der Waals surface area (Å²) in [5.41, 5.74) is 2.87. The van der Waals surface area contributed by atoms with E-state index in [1.54, 1.807) is 10.4 Å². The predicted octanol–water partition coefficient (Wildman–Crippen LogP) is -0.00800. The highest BCUT2D eigenvalue weighted by Crippen LogP contribution is 2.44. The van der Waals surface area contributed by atoms with Crippen molar-refractivity contribution in [2.45, 2.75) is 37.5 Å². The number of sulfonamides is 1. The van der Waals surface area contributed by atoms with E-state index >= 15 is 0 Å². The van der Waals surface area contributed by atoms with Crippen LogP contribution in [0.25, 0.3) is 0 Å². The lowest BCUT2D eigenvalue weighted by atomic mass is 9.97. The van der Waals surface area contributed by atoms with Gasteiger partial charge in [0.25, 0.3) is 0 Å². The number of quaternary nitrogens is 1. The van der Waals surface area contributed by atoms with Gasteiger partial charge in [-0.2, -0.15) is 4.31 Å². The number of nitrogens with zero attached hydrogens (tertiary/aromatic N) is 2. The van der Waals surface area contributed by atoms with Crippen LogP contribution in [-0.2, 0) is 21.2 Å². The fourth-order valence-corrected chi connectivity index (χ4v) is 5.89. The largest absolute Gasteiger partial charge is 0.333 e. The first kappa shape index (κ1) is 17.0. The van der Waals surface area contributed by atoms with E-state index in [0.717, 1.165) is 55.8 Å². The molecule has 3 heterocycles. The van der Waals surface area contributed by atoms with Crippen LogP contribution in [0.1, 0.15) is 37.3 Å². The van der Waals surface area contributed by atoms with Crippen LogP contribution in [0, 0.1) is 0 Å². The van der Waals surface area contributed by atoms with E-state index in [1.165, 1.54) is 4.90 Å². The number of nitrogens with one attached hydrogen (secondary N) is 1. The molecule has 25 heavy (non-hydrogen) atoms. The van der Waals surface area contributed by atoms with Gasteiger partial charge in [-0.25, -0.2) is 8.42 Å². The highest BCUT2D eigenvalue weighted by atomic mass is 32.2. The van der Waals surface area contributed by atoms with Crippen molar-refractivity contribution in [2.24, 2.45) is 0 Å². The number of piperazine rings is 1. The number of carbonyl (C=O) groups is 1. The molecule has 0 aromatic heterocycles. The Bertz CT molecular complexity index is 813. The number of likely N-dealkylation sites (N-methyl/N-ethyl adjacent to an activating group) is 1. The maximum absolute atomic E-state index is 13.2. The Kier molecular flexibility index (Phi) is 4.13. The summed E-state index contributed by atoms with van der Waals surface area (Å²) in [7, 11) is -3.49. The number of hydrogen-bond donors (Lipinski definition) is 1. The van der Waals surface area contributed by atoms with Gasteiger partial charge in [-0.1, -0.05) is 0 Å². The van der Waals surface area contributed by atoms with Gasteiger partial charge in [0.2, 0.25) is 15.9 Å². The van der Waals surface area contributed by atoms with Crippen LogP contribution in [-0.4, -0.2) is 57.9 Å². The molecule has 136 valence electrons. The van der Waals surface area contributed by atoms with Gasteiger partial charge in [-0.15, -0.1) is 0 Å². The molecule has 0 bridgehead atoms. The first-order chi connectivity index (χ1) is 11.9. The lowest BCUT2D eigenvalue weighted by Crippen LogP contribution is -3.14. The standard InChI is InChI=1S/C18H25N3O3S/c1-3-19-7-9-20(10-8-19)25(23,24)15-11-14-5-4-6-21-17(14)16(12-15)13(2)18(21)22/h11-13H,3-10H2,1-2H3/p+1/t13-/m0/s1. The van der Waals surface area contributed by atoms with Gasteiger partial charge >= 0.3 is 0 Å². The first-order valence-electron chi connectivity index (χ1n) is 9.25. The summed E-state index contributed by atoms with van der Waals surface area (Å²) in [5, 5.41) is 0. The van der Waals surface area contributed by atoms with Crippen molar-refractivity contribution in [1.82, 2.24) is 4.31 Å². The average Bonchev–Trinajstić information content (AvgIpc) is 2.88. The van der Waals surface area contributed by atoms with E-state index in [2.05, 4.69) is 6.92 Å². The highest BCUT2D eigenvalue weighted by Gasteiger charge is 2.40. The number of benzene rings is 1. The van der Waals surface area contributed by atoms with Crippen LogP contribution in [0.4, 0.5) is 5.69 Å². The maximum atomic E-state index is 13.2. The quantitative estimate of drug-likeness (QED) is 0.821. The zero-order chi connectivity index (χ0) is 17.8. The number of aryl methyl sites for hydroxylation is 1. The predicted molar refractivity (Wildman–Crippen MR) is 95.5 cm³/mol. The Morgan fingerprint density at radius 3 is 2.60 bits per heavy atom. The number of carbonyl (C=O) groups excluding carboxylic acids is 1. The second-order valence-corrected chi connectivity index (χ2v) is 9.28. The van der Waals surface area contributed by atoms with Crippen molar-refractivity contribution in [1.29, 1.82) is 0 Å². The summed E-state index contributed by atoms with van der Waals surface area (Å²) in [6, 6.07) is 3.56. The molecule has 0 unspecified atom stereocenters. The molecule has 1 N–H and O–H groups in total. The molecule has 1 aromatic carbocycles. The summed E-state index contributed by atoms with van der Waals surface area (Å²) in [6.45, 7) is 8.65. The Morgan fingerprint density at radius 2 is 1.92 bits per heavy atom. The Hall–Kier alpha value is -1.44. The lowest BCUT2D eigenvalue weighted by molar-refractivity contribution is -0.901. The van der Waals surface area contributed by atoms with Crippen LogP contribution in [0.15, 0.2) is 17.0 Å². The van der Waals surface area contributed by atoms with Crippen molar-refractivity contribution < 1.29 is 18.1 Å². The fraction of sp³-hybridized carbons (Fsp3) is 0.611. The Labute approximate surface area is 149 Å². The molecular weight excluding hydrogens is 338 g/mol. The molecule has 3 aliphatic rings. The number of amides is 1. The zero-order valence-electron chi connectivity index (χ0n) is 14.9. The van der Waals surface area contributed by atoms with Crippen LogP contribution < -0.4 is 9.80 Å². The molecule has 0 aliphatic carbocycles. The fourth-order valence-electron chi connectivity index (χ4n) is 4.36. The molecular formula is C18H26N3O3S+. The van der Waals surface area contributed by atoms with Gasteiger partial charge in [0.05, 0.1) is 49.2 Å². The number of rotatable bonds is 3. The molecule has 0 spiro atoms. The van der Waals surface area contributed by atoms with Gasteiger partial charge in [0.1, 0.15) is 0 Å². The van der Waals surface area contributed by atoms with E-state index < -0.39 is 10.0 Å². The monoisotopic (exact) mass is 364 g/mol. The molecule has 0 radical (unpaired) electrons. The molecule has 3 aliphatic heterocycles. The minimum Gasteiger partial charge on any atom is -0.333 e. The summed E-state index contributed by atoms with van der Waals surface area (Å²) in [5.74, 6) is -0.144. The topological polar surface area (TPSA) is 62.1 Å². The van der Waals surface area contributed by atoms with Gasteiger partial charge in [-0.05, 0) is 49.9 Å². The second kappa shape index (κ2) is 6.07. The van der Waals surface area contributed by atoms with E-state index in [-0.39, 0.29) is 11.8 Å². The summed E-state index contributed by atoms with van der Waals surface area (Å²) in [4.78, 5) is 16.1. The van der Waals surface area contributed by atoms with Crippen molar-refractivity contribution in [3.8, 4) is 0 Å². The van der Waals surface area contributed by atoms with E-state index in [1.807, 2.05) is 17.9 Å². The van der Waals surface area contributed by atoms with Gasteiger partial charge in [0.15, 0.2) is 0 Å². The summed E-state index contributed by atoms with van der Waals surface area (Å²) < 4.78 is 27.9. The van der Waals surface area contributed by atoms with Crippen molar-refractivity contribution >= 4 is 21.6 Å². The van der Waals surface area contributed by atoms with Crippen molar-refractivity contribution in [3.05, 3.63) is 23.3 Å². The average molecular weight is 364 g/mol. The van der Waals surface area contributed by atoms with Gasteiger partial charge < -0.3 is 9.80 Å². The smallest absolute Gasteiger partial charge is 0.243 e.